The van der Waals surface area contributed by atoms with Crippen LogP contribution in [-0.4, -0.2) is 28.1 Å². The van der Waals surface area contributed by atoms with E-state index in [1.165, 1.54) is 12.1 Å². The van der Waals surface area contributed by atoms with E-state index < -0.39 is 0 Å². The predicted molar refractivity (Wildman–Crippen MR) is 118 cm³/mol. The maximum Gasteiger partial charge on any atom is 0.239 e. The third kappa shape index (κ3) is 6.50. The third-order valence-corrected chi connectivity index (χ3v) is 4.80. The summed E-state index contributed by atoms with van der Waals surface area (Å²) in [6.45, 7) is 4.26. The van der Waals surface area contributed by atoms with Gasteiger partial charge in [0.2, 0.25) is 11.8 Å². The molecule has 2 N–H and O–H groups in total. The fourth-order valence-electron chi connectivity index (χ4n) is 3.05. The molecule has 2 aromatic carbocycles. The molecule has 0 fully saturated rings. The van der Waals surface area contributed by atoms with Crippen molar-refractivity contribution in [1.82, 2.24) is 20.4 Å². The smallest absolute Gasteiger partial charge is 0.239 e. The quantitative estimate of drug-likeness (QED) is 0.550. The molecule has 2 amide bonds. The number of nitrogens with zero attached hydrogens (tertiary/aromatic N) is 2. The SMILES string of the molecule is CC(C)CCC(=O)NCC(=O)NCc1cn(-c2ccccc2)nc1-c1ccc(F)cc1. The van der Waals surface area contributed by atoms with Crippen molar-refractivity contribution in [1.29, 1.82) is 0 Å². The molecule has 1 heterocycles. The van der Waals surface area contributed by atoms with Crippen LogP contribution in [0.2, 0.25) is 0 Å². The number of halogens is 1. The second-order valence-electron chi connectivity index (χ2n) is 7.78. The summed E-state index contributed by atoms with van der Waals surface area (Å²) >= 11 is 0. The average molecular weight is 423 g/mol. The molecule has 0 bridgehead atoms. The van der Waals surface area contributed by atoms with E-state index in [1.807, 2.05) is 50.4 Å². The molecule has 3 rings (SSSR count). The number of rotatable bonds is 9. The molecule has 0 saturated heterocycles. The summed E-state index contributed by atoms with van der Waals surface area (Å²) in [4.78, 5) is 24.0. The number of benzene rings is 2. The molecular formula is C24H27FN4O2. The van der Waals surface area contributed by atoms with Crippen LogP contribution in [0.1, 0.15) is 32.3 Å². The Kier molecular flexibility index (Phi) is 7.54. The largest absolute Gasteiger partial charge is 0.350 e. The average Bonchev–Trinajstić information content (AvgIpc) is 3.20. The summed E-state index contributed by atoms with van der Waals surface area (Å²) in [5.41, 5.74) is 3.07. The zero-order chi connectivity index (χ0) is 22.2. The van der Waals surface area contributed by atoms with Crippen LogP contribution >= 0.6 is 0 Å². The van der Waals surface area contributed by atoms with Gasteiger partial charge in [0.1, 0.15) is 5.82 Å². The highest BCUT2D eigenvalue weighted by molar-refractivity contribution is 5.84. The van der Waals surface area contributed by atoms with Gasteiger partial charge in [0.25, 0.3) is 0 Å². The van der Waals surface area contributed by atoms with Crippen LogP contribution in [0.3, 0.4) is 0 Å². The maximum absolute atomic E-state index is 13.4. The van der Waals surface area contributed by atoms with Gasteiger partial charge in [0.15, 0.2) is 0 Å². The predicted octanol–water partition coefficient (Wildman–Crippen LogP) is 3.85. The van der Waals surface area contributed by atoms with E-state index in [2.05, 4.69) is 15.7 Å². The Morgan fingerprint density at radius 3 is 2.39 bits per heavy atom. The van der Waals surface area contributed by atoms with E-state index in [0.29, 0.717) is 18.0 Å². The standard InChI is InChI=1S/C24H27FN4O2/c1-17(2)8-13-22(30)27-15-23(31)26-14-19-16-29(21-6-4-3-5-7-21)28-24(19)18-9-11-20(25)12-10-18/h3-7,9-12,16-17H,8,13-15H2,1-2H3,(H,26,31)(H,27,30). The third-order valence-electron chi connectivity index (χ3n) is 4.80. The van der Waals surface area contributed by atoms with Crippen molar-refractivity contribution < 1.29 is 14.0 Å². The molecule has 0 spiro atoms. The molecule has 0 aliphatic rings. The van der Waals surface area contributed by atoms with E-state index in [9.17, 15) is 14.0 Å². The molecule has 0 unspecified atom stereocenters. The molecule has 0 aliphatic heterocycles. The molecule has 6 nitrogen and oxygen atoms in total. The number of aromatic nitrogens is 2. The molecule has 162 valence electrons. The van der Waals surface area contributed by atoms with Gasteiger partial charge in [-0.05, 0) is 48.7 Å². The van der Waals surface area contributed by atoms with Crippen molar-refractivity contribution in [3.05, 3.63) is 72.2 Å². The summed E-state index contributed by atoms with van der Waals surface area (Å²) in [6, 6.07) is 15.7. The summed E-state index contributed by atoms with van der Waals surface area (Å²) in [5, 5.41) is 10.1. The van der Waals surface area contributed by atoms with E-state index in [1.54, 1.807) is 16.8 Å². The first-order valence-corrected chi connectivity index (χ1v) is 10.4. The summed E-state index contributed by atoms with van der Waals surface area (Å²) in [6.07, 6.45) is 3.03. The van der Waals surface area contributed by atoms with Crippen LogP contribution in [0.15, 0.2) is 60.8 Å². The highest BCUT2D eigenvalue weighted by Crippen LogP contribution is 2.24. The van der Waals surface area contributed by atoms with Gasteiger partial charge in [-0.25, -0.2) is 9.07 Å². The van der Waals surface area contributed by atoms with Crippen molar-refractivity contribution in [2.24, 2.45) is 5.92 Å². The Bertz CT molecular complexity index is 1010. The molecule has 0 aliphatic carbocycles. The second-order valence-corrected chi connectivity index (χ2v) is 7.78. The number of nitrogens with one attached hydrogen (secondary N) is 2. The van der Waals surface area contributed by atoms with Gasteiger partial charge in [-0.2, -0.15) is 5.10 Å². The van der Waals surface area contributed by atoms with E-state index in [0.717, 1.165) is 23.2 Å². The first-order chi connectivity index (χ1) is 14.9. The monoisotopic (exact) mass is 422 g/mol. The summed E-state index contributed by atoms with van der Waals surface area (Å²) in [5.74, 6) is -0.303. The molecule has 0 radical (unpaired) electrons. The van der Waals surface area contributed by atoms with Crippen LogP contribution in [0.25, 0.3) is 16.9 Å². The van der Waals surface area contributed by atoms with Crippen molar-refractivity contribution in [3.8, 4) is 16.9 Å². The number of hydrogen-bond acceptors (Lipinski definition) is 3. The van der Waals surface area contributed by atoms with E-state index >= 15 is 0 Å². The van der Waals surface area contributed by atoms with Gasteiger partial charge in [-0.1, -0.05) is 32.0 Å². The fourth-order valence-corrected chi connectivity index (χ4v) is 3.05. The minimum Gasteiger partial charge on any atom is -0.350 e. The van der Waals surface area contributed by atoms with Crippen LogP contribution in [0, 0.1) is 11.7 Å². The number of carbonyl (C=O) groups is 2. The molecule has 0 atom stereocenters. The zero-order valence-electron chi connectivity index (χ0n) is 17.8. The lowest BCUT2D eigenvalue weighted by Crippen LogP contribution is -2.36. The van der Waals surface area contributed by atoms with Crippen LogP contribution in [0.4, 0.5) is 4.39 Å². The van der Waals surface area contributed by atoms with Gasteiger partial charge in [0, 0.05) is 30.3 Å². The lowest BCUT2D eigenvalue weighted by Gasteiger charge is -2.08. The number of carbonyl (C=O) groups excluding carboxylic acids is 2. The zero-order valence-corrected chi connectivity index (χ0v) is 17.8. The minimum absolute atomic E-state index is 0.0738. The first kappa shape index (κ1) is 22.2. The van der Waals surface area contributed by atoms with Crippen LogP contribution in [-0.2, 0) is 16.1 Å². The number of para-hydroxylation sites is 1. The Balaban J connectivity index is 1.69. The maximum atomic E-state index is 13.4. The molecule has 31 heavy (non-hydrogen) atoms. The Morgan fingerprint density at radius 1 is 1.00 bits per heavy atom. The second kappa shape index (κ2) is 10.5. The Hall–Kier alpha value is -3.48. The topological polar surface area (TPSA) is 76.0 Å². The highest BCUT2D eigenvalue weighted by atomic mass is 19.1. The number of hydrogen-bond donors (Lipinski definition) is 2. The lowest BCUT2D eigenvalue weighted by atomic mass is 10.1. The Labute approximate surface area is 181 Å². The molecule has 3 aromatic rings. The van der Waals surface area contributed by atoms with Gasteiger partial charge in [-0.15, -0.1) is 0 Å². The van der Waals surface area contributed by atoms with Gasteiger partial charge >= 0.3 is 0 Å². The van der Waals surface area contributed by atoms with E-state index in [4.69, 9.17) is 0 Å². The van der Waals surface area contributed by atoms with Crippen LogP contribution in [0.5, 0.6) is 0 Å². The molecule has 1 aromatic heterocycles. The van der Waals surface area contributed by atoms with Crippen molar-refractivity contribution in [2.75, 3.05) is 6.54 Å². The highest BCUT2D eigenvalue weighted by Gasteiger charge is 2.14. The Morgan fingerprint density at radius 2 is 1.71 bits per heavy atom. The van der Waals surface area contributed by atoms with Crippen molar-refractivity contribution in [3.63, 3.8) is 0 Å². The van der Waals surface area contributed by atoms with Crippen molar-refractivity contribution >= 4 is 11.8 Å². The van der Waals surface area contributed by atoms with E-state index in [-0.39, 0.29) is 30.7 Å². The minimum atomic E-state index is -0.325. The normalized spacial score (nSPS) is 10.8. The summed E-state index contributed by atoms with van der Waals surface area (Å²) < 4.78 is 15.1. The molecule has 7 heteroatoms. The summed E-state index contributed by atoms with van der Waals surface area (Å²) in [7, 11) is 0. The van der Waals surface area contributed by atoms with Gasteiger partial charge < -0.3 is 10.6 Å². The lowest BCUT2D eigenvalue weighted by molar-refractivity contribution is -0.126. The van der Waals surface area contributed by atoms with Crippen LogP contribution < -0.4 is 10.6 Å². The van der Waals surface area contributed by atoms with Gasteiger partial charge in [0.05, 0.1) is 17.9 Å². The molecular weight excluding hydrogens is 395 g/mol. The number of amides is 2. The van der Waals surface area contributed by atoms with Gasteiger partial charge in [-0.3, -0.25) is 9.59 Å². The van der Waals surface area contributed by atoms with Crippen molar-refractivity contribution in [2.45, 2.75) is 33.2 Å². The molecule has 0 saturated carbocycles. The first-order valence-electron chi connectivity index (χ1n) is 10.4. The fraction of sp³-hybridized carbons (Fsp3) is 0.292.